The van der Waals surface area contributed by atoms with Crippen molar-refractivity contribution in [1.82, 2.24) is 5.32 Å². The van der Waals surface area contributed by atoms with E-state index in [9.17, 15) is 33.9 Å². The van der Waals surface area contributed by atoms with Crippen LogP contribution in [0.4, 0.5) is 0 Å². The van der Waals surface area contributed by atoms with Crippen LogP contribution in [0, 0.1) is 0 Å². The zero-order chi connectivity index (χ0) is 27.1. The smallest absolute Gasteiger partial charge is 0.367 e. The molecule has 1 rings (SSSR count). The third-order valence-electron chi connectivity index (χ3n) is 4.60. The molecule has 1 heterocycles. The molecule has 0 saturated carbocycles. The van der Waals surface area contributed by atoms with E-state index in [-0.39, 0.29) is 0 Å². The summed E-state index contributed by atoms with van der Waals surface area (Å²) in [5, 5.41) is 13.6. The van der Waals surface area contributed by atoms with Crippen molar-refractivity contribution in [2.45, 2.75) is 75.7 Å². The quantitative estimate of drug-likeness (QED) is 0.193. The van der Waals surface area contributed by atoms with Crippen molar-refractivity contribution in [1.29, 1.82) is 0 Å². The number of nitrogens with one attached hydrogen (secondary N) is 1. The van der Waals surface area contributed by atoms with E-state index in [0.29, 0.717) is 0 Å². The first-order valence-electron chi connectivity index (χ1n) is 10.2. The van der Waals surface area contributed by atoms with Crippen LogP contribution in [0.15, 0.2) is 0 Å². The molecule has 1 saturated heterocycles. The lowest BCUT2D eigenvalue weighted by molar-refractivity contribution is -0.294. The summed E-state index contributed by atoms with van der Waals surface area (Å²) in [6.07, 6.45) is -6.43. The summed E-state index contributed by atoms with van der Waals surface area (Å²) < 4.78 is 30.9. The predicted molar refractivity (Wildman–Crippen MR) is 115 cm³/mol. The van der Waals surface area contributed by atoms with Crippen LogP contribution in [0.25, 0.3) is 0 Å². The molecule has 1 fully saturated rings. The molecule has 1 amide bonds. The number of hydrogen-bond acceptors (Lipinski definition) is 13. The van der Waals surface area contributed by atoms with Gasteiger partial charge in [-0.2, -0.15) is 0 Å². The normalized spacial score (nSPS) is 27.4. The van der Waals surface area contributed by atoms with Crippen LogP contribution < -0.4 is 5.32 Å². The van der Waals surface area contributed by atoms with Crippen LogP contribution in [-0.2, 0) is 57.2 Å². The summed E-state index contributed by atoms with van der Waals surface area (Å²) in [5.41, 5.74) is 0. The van der Waals surface area contributed by atoms with Crippen LogP contribution in [0.1, 0.15) is 34.6 Å². The van der Waals surface area contributed by atoms with Crippen molar-refractivity contribution in [3.63, 3.8) is 0 Å². The maximum Gasteiger partial charge on any atom is 0.367 e. The first-order chi connectivity index (χ1) is 16.1. The Balaban J connectivity index is 3.74. The number of aliphatic hydroxyl groups is 1. The predicted octanol–water partition coefficient (Wildman–Crippen LogP) is -1.13. The van der Waals surface area contributed by atoms with E-state index in [1.54, 1.807) is 0 Å². The van der Waals surface area contributed by atoms with Crippen molar-refractivity contribution in [3.05, 3.63) is 0 Å². The number of halogens is 1. The van der Waals surface area contributed by atoms with Crippen molar-refractivity contribution in [2.75, 3.05) is 13.7 Å². The number of ether oxygens (including phenoxy) is 6. The SMILES string of the molecule is COC(=O)[C@@]1(O)O[C@@H]([C@H](OC(C)=O)[C@@H](COC(C)=O)OC(C)=O)[C@H](NC(C)=O)[C@@H](OC(C)=O)[C@H]1Br. The third-order valence-corrected chi connectivity index (χ3v) is 5.74. The Morgan fingerprint density at radius 2 is 1.54 bits per heavy atom. The molecule has 7 atom stereocenters. The first kappa shape index (κ1) is 30.3. The molecular weight excluding hydrogens is 542 g/mol. The maximum atomic E-state index is 12.5. The Labute approximate surface area is 209 Å². The number of alkyl halides is 1. The van der Waals surface area contributed by atoms with Gasteiger partial charge in [-0.1, -0.05) is 15.9 Å². The van der Waals surface area contributed by atoms with Crippen LogP contribution in [-0.4, -0.2) is 95.6 Å². The van der Waals surface area contributed by atoms with Gasteiger partial charge in [-0.25, -0.2) is 4.79 Å². The minimum atomic E-state index is -2.84. The number of methoxy groups -OCH3 is 1. The zero-order valence-corrected chi connectivity index (χ0v) is 21.5. The van der Waals surface area contributed by atoms with E-state index in [1.165, 1.54) is 0 Å². The molecule has 0 aromatic rings. The molecule has 14 nitrogen and oxygen atoms in total. The molecule has 2 N–H and O–H groups in total. The molecule has 1 aliphatic heterocycles. The molecule has 0 bridgehead atoms. The number of carbonyl (C=O) groups excluding carboxylic acids is 6. The van der Waals surface area contributed by atoms with E-state index < -0.39 is 83.4 Å². The van der Waals surface area contributed by atoms with Gasteiger partial charge < -0.3 is 38.8 Å². The van der Waals surface area contributed by atoms with Crippen molar-refractivity contribution in [2.24, 2.45) is 0 Å². The lowest BCUT2D eigenvalue weighted by Gasteiger charge is -2.49. The molecule has 198 valence electrons. The maximum absolute atomic E-state index is 12.5. The third kappa shape index (κ3) is 8.14. The lowest BCUT2D eigenvalue weighted by Crippen LogP contribution is -2.73. The van der Waals surface area contributed by atoms with E-state index >= 15 is 0 Å². The molecular formula is C20H28BrNO13. The Hall–Kier alpha value is -2.78. The highest BCUT2D eigenvalue weighted by atomic mass is 79.9. The number of amides is 1. The van der Waals surface area contributed by atoms with E-state index in [1.807, 2.05) is 0 Å². The van der Waals surface area contributed by atoms with E-state index in [4.69, 9.17) is 23.7 Å². The standard InChI is InChI=1S/C20H28BrNO13/c1-8(23)22-14-16(15(33-11(4)26)13(32-10(3)25)7-31-9(2)24)35-20(29,19(28)30-6)18(21)17(14)34-12(5)27/h13-18,29H,7H2,1-6H3,(H,22,23)/t13-,14+,15-,16-,17-,18-,20+/m1/s1. The molecule has 0 aliphatic carbocycles. The molecule has 0 radical (unpaired) electrons. The first-order valence-corrected chi connectivity index (χ1v) is 11.1. The number of hydrogen-bond donors (Lipinski definition) is 2. The minimum Gasteiger partial charge on any atom is -0.465 e. The molecule has 0 aromatic carbocycles. The van der Waals surface area contributed by atoms with Gasteiger partial charge in [-0.3, -0.25) is 24.0 Å². The molecule has 0 aromatic heterocycles. The van der Waals surface area contributed by atoms with Gasteiger partial charge in [0, 0.05) is 34.6 Å². The van der Waals surface area contributed by atoms with Gasteiger partial charge in [0.2, 0.25) is 5.91 Å². The Morgan fingerprint density at radius 1 is 0.971 bits per heavy atom. The van der Waals surface area contributed by atoms with Gasteiger partial charge in [0.05, 0.1) is 13.2 Å². The molecule has 1 aliphatic rings. The van der Waals surface area contributed by atoms with Crippen LogP contribution >= 0.6 is 15.9 Å². The minimum absolute atomic E-state index is 0.633. The average Bonchev–Trinajstić information content (AvgIpc) is 2.73. The summed E-state index contributed by atoms with van der Waals surface area (Å²) in [7, 11) is 0.949. The van der Waals surface area contributed by atoms with Gasteiger partial charge in [0.1, 0.15) is 23.6 Å². The van der Waals surface area contributed by atoms with Gasteiger partial charge in [0.25, 0.3) is 5.79 Å². The number of rotatable bonds is 9. The summed E-state index contributed by atoms with van der Waals surface area (Å²) in [5.74, 6) is -8.24. The Morgan fingerprint density at radius 3 is 1.97 bits per heavy atom. The van der Waals surface area contributed by atoms with Gasteiger partial charge >= 0.3 is 29.8 Å². The second-order valence-electron chi connectivity index (χ2n) is 7.50. The summed E-state index contributed by atoms with van der Waals surface area (Å²) >= 11 is 3.07. The highest BCUT2D eigenvalue weighted by molar-refractivity contribution is 9.09. The number of esters is 5. The second kappa shape index (κ2) is 12.8. The second-order valence-corrected chi connectivity index (χ2v) is 8.48. The van der Waals surface area contributed by atoms with Gasteiger partial charge in [-0.15, -0.1) is 0 Å². The largest absolute Gasteiger partial charge is 0.465 e. The van der Waals surface area contributed by atoms with Crippen LogP contribution in [0.3, 0.4) is 0 Å². The fourth-order valence-corrected chi connectivity index (χ4v) is 4.13. The summed E-state index contributed by atoms with van der Waals surface area (Å²) in [6.45, 7) is 4.63. The van der Waals surface area contributed by atoms with Gasteiger partial charge in [-0.05, 0) is 0 Å². The summed E-state index contributed by atoms with van der Waals surface area (Å²) in [6, 6.07) is -1.38. The van der Waals surface area contributed by atoms with Crippen molar-refractivity contribution >= 4 is 51.7 Å². The monoisotopic (exact) mass is 569 g/mol. The van der Waals surface area contributed by atoms with E-state index in [2.05, 4.69) is 26.0 Å². The van der Waals surface area contributed by atoms with Crippen LogP contribution in [0.5, 0.6) is 0 Å². The van der Waals surface area contributed by atoms with Crippen LogP contribution in [0.2, 0.25) is 0 Å². The topological polar surface area (TPSA) is 190 Å². The summed E-state index contributed by atoms with van der Waals surface area (Å²) in [4.78, 5) is 70.0. The Bertz CT molecular complexity index is 849. The molecule has 15 heteroatoms. The fourth-order valence-electron chi connectivity index (χ4n) is 3.39. The highest BCUT2D eigenvalue weighted by Gasteiger charge is 2.62. The fraction of sp³-hybridized carbons (Fsp3) is 0.700. The van der Waals surface area contributed by atoms with Gasteiger partial charge in [0.15, 0.2) is 12.2 Å². The zero-order valence-electron chi connectivity index (χ0n) is 19.9. The molecule has 0 spiro atoms. The highest BCUT2D eigenvalue weighted by Crippen LogP contribution is 2.38. The van der Waals surface area contributed by atoms with E-state index in [0.717, 1.165) is 41.7 Å². The Kier molecular flexibility index (Phi) is 11.1. The number of carbonyl (C=O) groups is 6. The van der Waals surface area contributed by atoms with Crippen molar-refractivity contribution in [3.8, 4) is 0 Å². The molecule has 35 heavy (non-hydrogen) atoms. The van der Waals surface area contributed by atoms with Crippen molar-refractivity contribution < 1.29 is 62.3 Å². The lowest BCUT2D eigenvalue weighted by atomic mass is 9.88. The average molecular weight is 570 g/mol. The molecule has 0 unspecified atom stereocenters.